The maximum absolute atomic E-state index is 12.9. The molecule has 1 unspecified atom stereocenters. The summed E-state index contributed by atoms with van der Waals surface area (Å²) < 4.78 is 12.9. The third-order valence-corrected chi connectivity index (χ3v) is 4.68. The predicted molar refractivity (Wildman–Crippen MR) is 94.4 cm³/mol. The Hall–Kier alpha value is -2.73. The van der Waals surface area contributed by atoms with Crippen LogP contribution in [0.5, 0.6) is 0 Å². The Morgan fingerprint density at radius 3 is 2.35 bits per heavy atom. The van der Waals surface area contributed by atoms with E-state index >= 15 is 0 Å². The number of urea groups is 1. The van der Waals surface area contributed by atoms with Gasteiger partial charge in [-0.2, -0.15) is 0 Å². The maximum atomic E-state index is 12.9. The van der Waals surface area contributed by atoms with Crippen LogP contribution >= 0.6 is 11.6 Å². The third-order valence-electron chi connectivity index (χ3n) is 4.43. The van der Waals surface area contributed by atoms with Crippen LogP contribution in [0.1, 0.15) is 29.3 Å². The van der Waals surface area contributed by atoms with Crippen LogP contribution in [-0.4, -0.2) is 29.2 Å². The second-order valence-corrected chi connectivity index (χ2v) is 6.64. The van der Waals surface area contributed by atoms with Gasteiger partial charge >= 0.3 is 6.03 Å². The Balaban J connectivity index is 1.72. The molecule has 1 fully saturated rings. The molecule has 2 aromatic rings. The number of amides is 3. The quantitative estimate of drug-likeness (QED) is 0.643. The average molecular weight is 375 g/mol. The number of ketones is 1. The molecule has 1 aliphatic rings. The number of imide groups is 1. The van der Waals surface area contributed by atoms with Crippen LogP contribution in [-0.2, 0) is 10.3 Å². The fraction of sp³-hybridized carbons (Fsp3) is 0.211. The van der Waals surface area contributed by atoms with E-state index in [1.165, 1.54) is 24.3 Å². The number of nitrogens with one attached hydrogen (secondary N) is 1. The van der Waals surface area contributed by atoms with E-state index in [-0.39, 0.29) is 18.7 Å². The largest absolute Gasteiger partial charge is 0.325 e. The second kappa shape index (κ2) is 6.88. The summed E-state index contributed by atoms with van der Waals surface area (Å²) in [5, 5.41) is 3.19. The third kappa shape index (κ3) is 3.32. The SMILES string of the molecule is CC1(c2ccc(Cl)cc2)NC(=O)N(CCC(=O)c2ccc(F)cc2)C1=O. The van der Waals surface area contributed by atoms with E-state index in [1.54, 1.807) is 31.2 Å². The molecule has 134 valence electrons. The number of hydrogen-bond donors (Lipinski definition) is 1. The van der Waals surface area contributed by atoms with Gasteiger partial charge in [-0.05, 0) is 48.9 Å². The van der Waals surface area contributed by atoms with Crippen molar-refractivity contribution in [2.45, 2.75) is 18.9 Å². The zero-order valence-electron chi connectivity index (χ0n) is 14.0. The molecule has 0 aromatic heterocycles. The molecule has 3 amide bonds. The number of nitrogens with zero attached hydrogens (tertiary/aromatic N) is 1. The highest BCUT2D eigenvalue weighted by Crippen LogP contribution is 2.29. The number of benzene rings is 2. The molecule has 26 heavy (non-hydrogen) atoms. The minimum atomic E-state index is -1.21. The van der Waals surface area contributed by atoms with Gasteiger partial charge in [-0.3, -0.25) is 14.5 Å². The lowest BCUT2D eigenvalue weighted by atomic mass is 9.92. The molecule has 2 aromatic carbocycles. The second-order valence-electron chi connectivity index (χ2n) is 6.20. The number of carbonyl (C=O) groups excluding carboxylic acids is 3. The number of hydrogen-bond acceptors (Lipinski definition) is 3. The Morgan fingerprint density at radius 2 is 1.73 bits per heavy atom. The van der Waals surface area contributed by atoms with Crippen molar-refractivity contribution in [2.75, 3.05) is 6.54 Å². The molecule has 0 aliphatic carbocycles. The first-order valence-electron chi connectivity index (χ1n) is 8.00. The number of Topliss-reactive ketones (excluding diaryl/α,β-unsaturated/α-hetero) is 1. The summed E-state index contributed by atoms with van der Waals surface area (Å²) >= 11 is 5.87. The summed E-state index contributed by atoms with van der Waals surface area (Å²) in [6, 6.07) is 11.2. The van der Waals surface area contributed by atoms with Crippen molar-refractivity contribution in [3.05, 3.63) is 70.5 Å². The summed E-state index contributed by atoms with van der Waals surface area (Å²) in [5.41, 5.74) is -0.271. The summed E-state index contributed by atoms with van der Waals surface area (Å²) in [6.07, 6.45) is -0.0402. The summed E-state index contributed by atoms with van der Waals surface area (Å²) in [4.78, 5) is 38.2. The van der Waals surface area contributed by atoms with Gasteiger partial charge in [-0.25, -0.2) is 9.18 Å². The van der Waals surface area contributed by atoms with Crippen LogP contribution in [0.2, 0.25) is 5.02 Å². The Labute approximate surface area is 154 Å². The molecule has 7 heteroatoms. The Bertz CT molecular complexity index is 867. The summed E-state index contributed by atoms with van der Waals surface area (Å²) in [7, 11) is 0. The zero-order chi connectivity index (χ0) is 18.9. The fourth-order valence-electron chi connectivity index (χ4n) is 2.87. The van der Waals surface area contributed by atoms with E-state index in [1.807, 2.05) is 0 Å². The molecule has 1 atom stereocenters. The van der Waals surface area contributed by atoms with E-state index in [0.717, 1.165) is 4.90 Å². The van der Waals surface area contributed by atoms with E-state index < -0.39 is 23.3 Å². The van der Waals surface area contributed by atoms with E-state index in [9.17, 15) is 18.8 Å². The first-order chi connectivity index (χ1) is 12.3. The highest BCUT2D eigenvalue weighted by atomic mass is 35.5. The van der Waals surface area contributed by atoms with E-state index in [4.69, 9.17) is 11.6 Å². The normalized spacial score (nSPS) is 19.6. The molecule has 1 heterocycles. The van der Waals surface area contributed by atoms with Gasteiger partial charge in [0.15, 0.2) is 5.78 Å². The van der Waals surface area contributed by atoms with E-state index in [2.05, 4.69) is 5.32 Å². The highest BCUT2D eigenvalue weighted by molar-refractivity contribution is 6.30. The van der Waals surface area contributed by atoms with Crippen molar-refractivity contribution in [2.24, 2.45) is 0 Å². The number of halogens is 2. The van der Waals surface area contributed by atoms with Gasteiger partial charge in [0, 0.05) is 23.6 Å². The van der Waals surface area contributed by atoms with Gasteiger partial charge in [-0.15, -0.1) is 0 Å². The zero-order valence-corrected chi connectivity index (χ0v) is 14.7. The molecule has 3 rings (SSSR count). The lowest BCUT2D eigenvalue weighted by Gasteiger charge is -2.22. The lowest BCUT2D eigenvalue weighted by Crippen LogP contribution is -2.41. The first kappa shape index (κ1) is 18.1. The minimum Gasteiger partial charge on any atom is -0.319 e. The number of rotatable bonds is 5. The topological polar surface area (TPSA) is 66.5 Å². The van der Waals surface area contributed by atoms with Crippen molar-refractivity contribution in [3.8, 4) is 0 Å². The van der Waals surface area contributed by atoms with Gasteiger partial charge in [0.25, 0.3) is 5.91 Å². The predicted octanol–water partition coefficient (Wildman–Crippen LogP) is 3.52. The van der Waals surface area contributed by atoms with Crippen molar-refractivity contribution in [1.82, 2.24) is 10.2 Å². The molecule has 0 radical (unpaired) electrons. The fourth-order valence-corrected chi connectivity index (χ4v) is 3.00. The van der Waals surface area contributed by atoms with Crippen LogP contribution in [0.25, 0.3) is 0 Å². The lowest BCUT2D eigenvalue weighted by molar-refractivity contribution is -0.131. The van der Waals surface area contributed by atoms with Crippen LogP contribution in [0, 0.1) is 5.82 Å². The minimum absolute atomic E-state index is 0.0402. The Kier molecular flexibility index (Phi) is 4.78. The Morgan fingerprint density at radius 1 is 1.12 bits per heavy atom. The molecule has 1 N–H and O–H groups in total. The maximum Gasteiger partial charge on any atom is 0.325 e. The van der Waals surface area contributed by atoms with Crippen LogP contribution < -0.4 is 5.32 Å². The molecular formula is C19H16ClFN2O3. The average Bonchev–Trinajstić information content (AvgIpc) is 2.84. The van der Waals surface area contributed by atoms with Crippen LogP contribution in [0.4, 0.5) is 9.18 Å². The standard InChI is InChI=1S/C19H16ClFN2O3/c1-19(13-4-6-14(20)7-5-13)17(25)23(18(26)22-19)11-10-16(24)12-2-8-15(21)9-3-12/h2-9H,10-11H2,1H3,(H,22,26). The van der Waals surface area contributed by atoms with Crippen LogP contribution in [0.3, 0.4) is 0 Å². The van der Waals surface area contributed by atoms with Gasteiger partial charge < -0.3 is 5.32 Å². The molecule has 0 bridgehead atoms. The van der Waals surface area contributed by atoms with Crippen molar-refractivity contribution < 1.29 is 18.8 Å². The molecule has 0 spiro atoms. The van der Waals surface area contributed by atoms with Gasteiger partial charge in [0.1, 0.15) is 11.4 Å². The van der Waals surface area contributed by atoms with Gasteiger partial charge in [0.05, 0.1) is 0 Å². The molecule has 0 saturated carbocycles. The van der Waals surface area contributed by atoms with Crippen LogP contribution in [0.15, 0.2) is 48.5 Å². The molecular weight excluding hydrogens is 359 g/mol. The monoisotopic (exact) mass is 374 g/mol. The summed E-state index contributed by atoms with van der Waals surface area (Å²) in [5.74, 6) is -1.14. The molecule has 5 nitrogen and oxygen atoms in total. The molecule has 1 saturated heterocycles. The summed E-state index contributed by atoms with van der Waals surface area (Å²) in [6.45, 7) is 1.56. The van der Waals surface area contributed by atoms with Crippen molar-refractivity contribution >= 4 is 29.3 Å². The van der Waals surface area contributed by atoms with Crippen molar-refractivity contribution in [1.29, 1.82) is 0 Å². The smallest absolute Gasteiger partial charge is 0.319 e. The molecule has 1 aliphatic heterocycles. The van der Waals surface area contributed by atoms with Crippen molar-refractivity contribution in [3.63, 3.8) is 0 Å². The number of carbonyl (C=O) groups is 3. The van der Waals surface area contributed by atoms with Gasteiger partial charge in [-0.1, -0.05) is 23.7 Å². The van der Waals surface area contributed by atoms with E-state index in [0.29, 0.717) is 16.1 Å². The highest BCUT2D eigenvalue weighted by Gasteiger charge is 2.48. The van der Waals surface area contributed by atoms with Gasteiger partial charge in [0.2, 0.25) is 0 Å². The first-order valence-corrected chi connectivity index (χ1v) is 8.38.